The Labute approximate surface area is 104 Å². The van der Waals surface area contributed by atoms with Gasteiger partial charge in [-0.15, -0.1) is 0 Å². The van der Waals surface area contributed by atoms with Crippen LogP contribution >= 0.6 is 0 Å². The Morgan fingerprint density at radius 1 is 1.40 bits per heavy atom. The normalized spacial score (nSPS) is 11.0. The fourth-order valence-corrected chi connectivity index (χ4v) is 2.82. The van der Waals surface area contributed by atoms with E-state index in [4.69, 9.17) is 0 Å². The first kappa shape index (κ1) is 12.8. The molecular formula is C14H20I-. The fourth-order valence-electron chi connectivity index (χ4n) is 1.66. The molecule has 1 heteroatoms. The van der Waals surface area contributed by atoms with Gasteiger partial charge < -0.3 is 0 Å². The van der Waals surface area contributed by atoms with E-state index in [9.17, 15) is 0 Å². The van der Waals surface area contributed by atoms with Crippen LogP contribution in [0.25, 0.3) is 3.58 Å². The van der Waals surface area contributed by atoms with Crippen molar-refractivity contribution < 1.29 is 21.2 Å². The van der Waals surface area contributed by atoms with Crippen LogP contribution in [0, 0.1) is 12.8 Å². The molecule has 0 aliphatic heterocycles. The first-order valence-corrected chi connectivity index (χ1v) is 8.56. The van der Waals surface area contributed by atoms with Gasteiger partial charge >= 0.3 is 104 Å². The number of halogens is 1. The number of hydrogen-bond donors (Lipinski definition) is 0. The zero-order valence-corrected chi connectivity index (χ0v) is 12.3. The number of aryl methyl sites for hydroxylation is 1. The molecule has 0 radical (unpaired) electrons. The third-order valence-corrected chi connectivity index (χ3v) is 4.35. The van der Waals surface area contributed by atoms with Gasteiger partial charge in [0.15, 0.2) is 0 Å². The molecule has 0 saturated carbocycles. The number of benzene rings is 1. The van der Waals surface area contributed by atoms with E-state index in [0.717, 1.165) is 5.92 Å². The minimum atomic E-state index is 0.121. The van der Waals surface area contributed by atoms with Crippen molar-refractivity contribution in [3.05, 3.63) is 41.5 Å². The van der Waals surface area contributed by atoms with Crippen LogP contribution in [0.2, 0.25) is 0 Å². The van der Waals surface area contributed by atoms with E-state index < -0.39 is 0 Å². The summed E-state index contributed by atoms with van der Waals surface area (Å²) < 4.78 is 1.36. The second kappa shape index (κ2) is 5.69. The Morgan fingerprint density at radius 2 is 2.07 bits per heavy atom. The van der Waals surface area contributed by atoms with Gasteiger partial charge in [-0.2, -0.15) is 0 Å². The molecule has 0 bridgehead atoms. The van der Waals surface area contributed by atoms with Gasteiger partial charge in [-0.3, -0.25) is 0 Å². The second-order valence-electron chi connectivity index (χ2n) is 4.34. The summed E-state index contributed by atoms with van der Waals surface area (Å²) in [5, 5.41) is 0. The Bertz CT molecular complexity index is 350. The van der Waals surface area contributed by atoms with Crippen LogP contribution in [0.15, 0.2) is 24.8 Å². The maximum absolute atomic E-state index is 4.17. The van der Waals surface area contributed by atoms with E-state index in [1.54, 1.807) is 0 Å². The topological polar surface area (TPSA) is 0 Å². The van der Waals surface area contributed by atoms with Crippen molar-refractivity contribution in [3.8, 4) is 0 Å². The number of rotatable bonds is 4. The summed E-state index contributed by atoms with van der Waals surface area (Å²) in [7, 11) is 0. The van der Waals surface area contributed by atoms with Gasteiger partial charge in [0.1, 0.15) is 0 Å². The molecule has 0 N–H and O–H groups in total. The molecule has 0 fully saturated rings. The van der Waals surface area contributed by atoms with E-state index >= 15 is 0 Å². The molecule has 0 heterocycles. The zero-order valence-electron chi connectivity index (χ0n) is 10.1. The van der Waals surface area contributed by atoms with Crippen molar-refractivity contribution in [1.29, 1.82) is 0 Å². The zero-order chi connectivity index (χ0) is 11.4. The van der Waals surface area contributed by atoms with Gasteiger partial charge in [-0.25, -0.2) is 0 Å². The summed E-state index contributed by atoms with van der Waals surface area (Å²) in [6.45, 7) is 10.9. The molecule has 0 unspecified atom stereocenters. The summed E-state index contributed by atoms with van der Waals surface area (Å²) in [5.74, 6) is 0.727. The van der Waals surface area contributed by atoms with Crippen LogP contribution in [0.5, 0.6) is 0 Å². The van der Waals surface area contributed by atoms with Gasteiger partial charge in [0.2, 0.25) is 0 Å². The third-order valence-electron chi connectivity index (χ3n) is 2.47. The van der Waals surface area contributed by atoms with Gasteiger partial charge in [0, 0.05) is 0 Å². The molecule has 0 amide bonds. The predicted molar refractivity (Wildman–Crippen MR) is 64.7 cm³/mol. The molecule has 0 spiro atoms. The quantitative estimate of drug-likeness (QED) is 0.572. The first-order valence-electron chi connectivity index (χ1n) is 5.33. The van der Waals surface area contributed by atoms with Gasteiger partial charge in [0.05, 0.1) is 0 Å². The van der Waals surface area contributed by atoms with Crippen molar-refractivity contribution in [2.45, 2.75) is 27.2 Å². The van der Waals surface area contributed by atoms with Crippen LogP contribution in [0.1, 0.15) is 30.5 Å². The molecule has 1 rings (SSSR count). The van der Waals surface area contributed by atoms with Crippen molar-refractivity contribution >= 4 is 3.58 Å². The van der Waals surface area contributed by atoms with Crippen LogP contribution in [0.3, 0.4) is 0 Å². The number of hydrogen-bond acceptors (Lipinski definition) is 0. The average Bonchev–Trinajstić information content (AvgIpc) is 2.19. The molecule has 0 nitrogen and oxygen atoms in total. The summed E-state index contributed by atoms with van der Waals surface area (Å²) in [6.07, 6.45) is 1.17. The number of alkyl halides is 1. The summed E-state index contributed by atoms with van der Waals surface area (Å²) in [4.78, 5) is 2.27. The van der Waals surface area contributed by atoms with Crippen LogP contribution in [-0.2, 0) is 6.42 Å². The van der Waals surface area contributed by atoms with E-state index in [1.807, 2.05) is 0 Å². The van der Waals surface area contributed by atoms with E-state index in [2.05, 4.69) is 50.5 Å². The summed E-state index contributed by atoms with van der Waals surface area (Å²) >= 11 is 0.121. The van der Waals surface area contributed by atoms with Gasteiger partial charge in [-0.1, -0.05) is 0 Å². The Hall–Kier alpha value is -0.310. The van der Waals surface area contributed by atoms with Crippen molar-refractivity contribution in [3.63, 3.8) is 0 Å². The monoisotopic (exact) mass is 315 g/mol. The fraction of sp³-hybridized carbons (Fsp3) is 0.429. The van der Waals surface area contributed by atoms with Crippen molar-refractivity contribution in [2.24, 2.45) is 5.92 Å². The molecule has 0 aliphatic rings. The van der Waals surface area contributed by atoms with Crippen LogP contribution < -0.4 is 21.2 Å². The second-order valence-corrected chi connectivity index (χ2v) is 6.72. The van der Waals surface area contributed by atoms with E-state index in [-0.39, 0.29) is 21.2 Å². The first-order chi connectivity index (χ1) is 7.04. The molecule has 84 valence electrons. The molecule has 1 aromatic rings. The van der Waals surface area contributed by atoms with Gasteiger partial charge in [0.25, 0.3) is 0 Å². The summed E-state index contributed by atoms with van der Waals surface area (Å²) in [6, 6.07) is 6.82. The van der Waals surface area contributed by atoms with E-state index in [0.29, 0.717) is 0 Å². The third kappa shape index (κ3) is 3.63. The average molecular weight is 315 g/mol. The Morgan fingerprint density at radius 3 is 2.60 bits per heavy atom. The predicted octanol–water partition coefficient (Wildman–Crippen LogP) is 0.883. The molecule has 0 atom stereocenters. The van der Waals surface area contributed by atoms with Crippen molar-refractivity contribution in [2.75, 3.05) is 4.93 Å². The molecule has 0 aliphatic carbocycles. The van der Waals surface area contributed by atoms with E-state index in [1.165, 1.54) is 26.7 Å². The Balaban J connectivity index is 3.00. The van der Waals surface area contributed by atoms with Crippen molar-refractivity contribution in [1.82, 2.24) is 0 Å². The standard InChI is InChI=1S/C14H20I/c1-10(2)8-13-7-6-11(3)14(9-13)12(4)15-5/h6-7,9-10H,4,8H2,1-3,5H3/q-1. The molecule has 0 saturated heterocycles. The SMILES string of the molecule is C=C([I-]C)c1cc(CC(C)C)ccc1C. The molecular weight excluding hydrogens is 295 g/mol. The van der Waals surface area contributed by atoms with Gasteiger partial charge in [-0.05, 0) is 0 Å². The van der Waals surface area contributed by atoms with Crippen LogP contribution in [-0.4, -0.2) is 4.93 Å². The summed E-state index contributed by atoms with van der Waals surface area (Å²) in [5.41, 5.74) is 4.21. The maximum atomic E-state index is 4.17. The Kier molecular flexibility index (Phi) is 4.84. The minimum absolute atomic E-state index is 0.121. The van der Waals surface area contributed by atoms with Crippen LogP contribution in [0.4, 0.5) is 0 Å². The molecule has 1 aromatic carbocycles. The molecule has 0 aromatic heterocycles. The molecule has 15 heavy (non-hydrogen) atoms.